The van der Waals surface area contributed by atoms with E-state index in [9.17, 15) is 4.79 Å². The summed E-state index contributed by atoms with van der Waals surface area (Å²) in [5.41, 5.74) is 0.952. The quantitative estimate of drug-likeness (QED) is 0.646. The van der Waals surface area contributed by atoms with Crippen molar-refractivity contribution in [3.8, 4) is 0 Å². The van der Waals surface area contributed by atoms with Crippen LogP contribution in [0.1, 0.15) is 10.4 Å². The Morgan fingerprint density at radius 3 is 2.94 bits per heavy atom. The van der Waals surface area contributed by atoms with Gasteiger partial charge in [0.25, 0.3) is 0 Å². The van der Waals surface area contributed by atoms with Gasteiger partial charge in [0, 0.05) is 13.2 Å². The molecule has 0 saturated carbocycles. The molecule has 0 aliphatic rings. The molecule has 0 radical (unpaired) electrons. The van der Waals surface area contributed by atoms with E-state index in [0.717, 1.165) is 5.69 Å². The molecular formula is C9H8ClN5O. The summed E-state index contributed by atoms with van der Waals surface area (Å²) in [5, 5.41) is 7.04. The first-order chi connectivity index (χ1) is 7.70. The number of aldehydes is 1. The molecule has 0 fully saturated rings. The molecule has 2 heterocycles. The molecule has 0 aliphatic carbocycles. The normalized spacial score (nSPS) is 10.1. The molecule has 2 rings (SSSR count). The Hall–Kier alpha value is -1.95. The van der Waals surface area contributed by atoms with E-state index in [1.54, 1.807) is 24.1 Å². The fourth-order valence-electron chi connectivity index (χ4n) is 1.20. The van der Waals surface area contributed by atoms with Crippen LogP contribution >= 0.6 is 11.6 Å². The Labute approximate surface area is 96.3 Å². The van der Waals surface area contributed by atoms with E-state index in [1.165, 1.54) is 6.33 Å². The molecule has 0 saturated heterocycles. The van der Waals surface area contributed by atoms with E-state index < -0.39 is 0 Å². The van der Waals surface area contributed by atoms with Crippen molar-refractivity contribution in [3.05, 3.63) is 29.4 Å². The summed E-state index contributed by atoms with van der Waals surface area (Å²) < 4.78 is 1.63. The van der Waals surface area contributed by atoms with Crippen LogP contribution in [0.2, 0.25) is 5.15 Å². The van der Waals surface area contributed by atoms with Gasteiger partial charge < -0.3 is 5.32 Å². The van der Waals surface area contributed by atoms with Crippen molar-refractivity contribution in [2.45, 2.75) is 0 Å². The third-order valence-electron chi connectivity index (χ3n) is 1.92. The number of carbonyl (C=O) groups is 1. The van der Waals surface area contributed by atoms with Gasteiger partial charge in [-0.05, 0) is 0 Å². The van der Waals surface area contributed by atoms with Gasteiger partial charge in [-0.1, -0.05) is 11.6 Å². The highest BCUT2D eigenvalue weighted by atomic mass is 35.5. The summed E-state index contributed by atoms with van der Waals surface area (Å²) in [7, 11) is 1.79. The highest BCUT2D eigenvalue weighted by molar-refractivity contribution is 6.32. The van der Waals surface area contributed by atoms with Gasteiger partial charge in [0.05, 0.1) is 17.4 Å². The van der Waals surface area contributed by atoms with E-state index in [1.807, 2.05) is 0 Å². The van der Waals surface area contributed by atoms with Crippen LogP contribution in [0.25, 0.3) is 0 Å². The lowest BCUT2D eigenvalue weighted by atomic mass is 10.3. The summed E-state index contributed by atoms with van der Waals surface area (Å²) in [5.74, 6) is 0.364. The average Bonchev–Trinajstić information content (AvgIpc) is 2.64. The maximum absolute atomic E-state index is 10.8. The Morgan fingerprint density at radius 1 is 1.50 bits per heavy atom. The highest BCUT2D eigenvalue weighted by Crippen LogP contribution is 2.20. The number of anilines is 2. The van der Waals surface area contributed by atoms with Crippen LogP contribution in [0.3, 0.4) is 0 Å². The smallest absolute Gasteiger partial charge is 0.156 e. The number of carbonyl (C=O) groups excluding carboxylic acids is 1. The van der Waals surface area contributed by atoms with Gasteiger partial charge in [0.2, 0.25) is 0 Å². The standard InChI is InChI=1S/C9H8ClN5O/c1-15-3-6(2-13-15)14-9-7(4-16)8(10)11-5-12-9/h2-5H,1H3,(H,11,12,14). The fourth-order valence-corrected chi connectivity index (χ4v) is 1.38. The first kappa shape index (κ1) is 10.6. The van der Waals surface area contributed by atoms with E-state index >= 15 is 0 Å². The SMILES string of the molecule is Cn1cc(Nc2ncnc(Cl)c2C=O)cn1. The van der Waals surface area contributed by atoms with Crippen molar-refractivity contribution < 1.29 is 4.79 Å². The molecule has 0 spiro atoms. The Bertz CT molecular complexity index is 524. The number of nitrogens with zero attached hydrogens (tertiary/aromatic N) is 4. The molecule has 82 valence electrons. The lowest BCUT2D eigenvalue weighted by Gasteiger charge is -2.05. The van der Waals surface area contributed by atoms with E-state index in [4.69, 9.17) is 11.6 Å². The minimum atomic E-state index is 0.122. The Kier molecular flexibility index (Phi) is 2.82. The van der Waals surface area contributed by atoms with Gasteiger partial charge in [-0.15, -0.1) is 0 Å². The topological polar surface area (TPSA) is 72.7 Å². The highest BCUT2D eigenvalue weighted by Gasteiger charge is 2.09. The molecule has 2 aromatic rings. The minimum Gasteiger partial charge on any atom is -0.337 e. The van der Waals surface area contributed by atoms with Crippen LogP contribution in [0, 0.1) is 0 Å². The molecule has 0 bridgehead atoms. The van der Waals surface area contributed by atoms with Gasteiger partial charge >= 0.3 is 0 Å². The predicted molar refractivity (Wildman–Crippen MR) is 58.9 cm³/mol. The van der Waals surface area contributed by atoms with Gasteiger partial charge in [-0.2, -0.15) is 5.10 Å². The third-order valence-corrected chi connectivity index (χ3v) is 2.22. The van der Waals surface area contributed by atoms with Gasteiger partial charge in [-0.3, -0.25) is 9.48 Å². The lowest BCUT2D eigenvalue weighted by Crippen LogP contribution is -1.99. The van der Waals surface area contributed by atoms with Crippen molar-refractivity contribution in [2.24, 2.45) is 7.05 Å². The number of hydrogen-bond acceptors (Lipinski definition) is 5. The van der Waals surface area contributed by atoms with Crippen molar-refractivity contribution in [2.75, 3.05) is 5.32 Å². The number of hydrogen-bond donors (Lipinski definition) is 1. The van der Waals surface area contributed by atoms with E-state index in [0.29, 0.717) is 12.1 Å². The summed E-state index contributed by atoms with van der Waals surface area (Å²) in [6.45, 7) is 0. The Morgan fingerprint density at radius 2 is 2.31 bits per heavy atom. The molecule has 2 aromatic heterocycles. The maximum Gasteiger partial charge on any atom is 0.156 e. The largest absolute Gasteiger partial charge is 0.337 e. The number of halogens is 1. The van der Waals surface area contributed by atoms with Crippen molar-refractivity contribution in [1.29, 1.82) is 0 Å². The van der Waals surface area contributed by atoms with E-state index in [-0.39, 0.29) is 10.7 Å². The van der Waals surface area contributed by atoms with Crippen LogP contribution < -0.4 is 5.32 Å². The molecule has 7 heteroatoms. The maximum atomic E-state index is 10.8. The zero-order valence-corrected chi connectivity index (χ0v) is 9.14. The number of aryl methyl sites for hydroxylation is 1. The average molecular weight is 238 g/mol. The zero-order chi connectivity index (χ0) is 11.5. The van der Waals surface area contributed by atoms with Crippen LogP contribution in [-0.2, 0) is 7.05 Å². The minimum absolute atomic E-state index is 0.122. The molecule has 0 amide bonds. The van der Waals surface area contributed by atoms with Gasteiger partial charge in [0.1, 0.15) is 17.3 Å². The van der Waals surface area contributed by atoms with Gasteiger partial charge in [0.15, 0.2) is 6.29 Å². The fraction of sp³-hybridized carbons (Fsp3) is 0.111. The first-order valence-corrected chi connectivity index (χ1v) is 4.80. The van der Waals surface area contributed by atoms with Crippen molar-refractivity contribution >= 4 is 29.4 Å². The second-order valence-corrected chi connectivity index (χ2v) is 3.43. The van der Waals surface area contributed by atoms with Crippen LogP contribution in [0.15, 0.2) is 18.7 Å². The van der Waals surface area contributed by atoms with Crippen LogP contribution in [0.5, 0.6) is 0 Å². The zero-order valence-electron chi connectivity index (χ0n) is 8.38. The molecule has 6 nitrogen and oxygen atoms in total. The second-order valence-electron chi connectivity index (χ2n) is 3.07. The lowest BCUT2D eigenvalue weighted by molar-refractivity contribution is 0.112. The number of rotatable bonds is 3. The molecule has 16 heavy (non-hydrogen) atoms. The third kappa shape index (κ3) is 2.01. The van der Waals surface area contributed by atoms with Crippen LogP contribution in [-0.4, -0.2) is 26.0 Å². The monoisotopic (exact) mass is 237 g/mol. The summed E-state index contributed by atoms with van der Waals surface area (Å²) >= 11 is 5.76. The second kappa shape index (κ2) is 4.28. The van der Waals surface area contributed by atoms with Crippen LogP contribution in [0.4, 0.5) is 11.5 Å². The van der Waals surface area contributed by atoms with Crippen molar-refractivity contribution in [1.82, 2.24) is 19.7 Å². The Balaban J connectivity index is 2.34. The van der Waals surface area contributed by atoms with Gasteiger partial charge in [-0.25, -0.2) is 9.97 Å². The molecule has 0 aromatic carbocycles. The molecule has 0 unspecified atom stereocenters. The molecule has 0 aliphatic heterocycles. The first-order valence-electron chi connectivity index (χ1n) is 4.42. The van der Waals surface area contributed by atoms with Crippen molar-refractivity contribution in [3.63, 3.8) is 0 Å². The molecule has 1 N–H and O–H groups in total. The molecular weight excluding hydrogens is 230 g/mol. The number of aromatic nitrogens is 4. The predicted octanol–water partition coefficient (Wildman–Crippen LogP) is 1.42. The summed E-state index contributed by atoms with van der Waals surface area (Å²) in [6, 6.07) is 0. The molecule has 0 atom stereocenters. The number of nitrogens with one attached hydrogen (secondary N) is 1. The summed E-state index contributed by atoms with van der Waals surface area (Å²) in [4.78, 5) is 18.5. The summed E-state index contributed by atoms with van der Waals surface area (Å²) in [6.07, 6.45) is 5.27. The van der Waals surface area contributed by atoms with E-state index in [2.05, 4.69) is 20.4 Å².